The fourth-order valence-corrected chi connectivity index (χ4v) is 2.56. The average molecular weight is 265 g/mol. The predicted octanol–water partition coefficient (Wildman–Crippen LogP) is 3.57. The smallest absolute Gasteiger partial charge is 0.234 e. The van der Waals surface area contributed by atoms with E-state index >= 15 is 0 Å². The number of para-hydroxylation sites is 2. The number of nitrogens with zero attached hydrogens (tertiary/aromatic N) is 1. The molecule has 0 spiro atoms. The third-order valence-corrected chi connectivity index (χ3v) is 3.59. The van der Waals surface area contributed by atoms with Crippen molar-refractivity contribution in [2.45, 2.75) is 13.3 Å². The molecule has 20 heavy (non-hydrogen) atoms. The van der Waals surface area contributed by atoms with Crippen LogP contribution in [0.4, 0.5) is 11.4 Å². The number of fused-ring (bicyclic) bond motifs is 1. The van der Waals surface area contributed by atoms with Gasteiger partial charge in [-0.25, -0.2) is 0 Å². The Balaban J connectivity index is 2.22. The van der Waals surface area contributed by atoms with E-state index in [1.807, 2.05) is 55.5 Å². The van der Waals surface area contributed by atoms with Crippen LogP contribution in [0.25, 0.3) is 0 Å². The summed E-state index contributed by atoms with van der Waals surface area (Å²) < 4.78 is 0. The van der Waals surface area contributed by atoms with Crippen molar-refractivity contribution in [3.8, 4) is 0 Å². The molecule has 0 bridgehead atoms. The predicted molar refractivity (Wildman–Crippen MR) is 78.1 cm³/mol. The summed E-state index contributed by atoms with van der Waals surface area (Å²) in [6.07, 6.45) is 0.263. The van der Waals surface area contributed by atoms with Crippen LogP contribution in [-0.2, 0) is 4.79 Å². The molecule has 0 saturated heterocycles. The van der Waals surface area contributed by atoms with Gasteiger partial charge in [-0.2, -0.15) is 0 Å². The second-order valence-electron chi connectivity index (χ2n) is 5.05. The highest BCUT2D eigenvalue weighted by molar-refractivity contribution is 6.13. The highest BCUT2D eigenvalue weighted by Gasteiger charge is 2.32. The van der Waals surface area contributed by atoms with Gasteiger partial charge in [-0.3, -0.25) is 14.5 Å². The molecule has 3 nitrogen and oxygen atoms in total. The monoisotopic (exact) mass is 265 g/mol. The Labute approximate surface area is 117 Å². The highest BCUT2D eigenvalue weighted by Crippen LogP contribution is 2.34. The average Bonchev–Trinajstić information content (AvgIpc) is 2.57. The standard InChI is InChI=1S/C17H15NO2/c1-12-11-16(19)14-9-5-6-10-15(14)18(17(12)20)13-7-3-2-4-8-13/h2-10,12H,11H2,1H3. The molecule has 1 heterocycles. The lowest BCUT2D eigenvalue weighted by molar-refractivity contribution is -0.121. The molecule has 2 aromatic rings. The molecule has 0 N–H and O–H groups in total. The molecule has 1 amide bonds. The molecule has 0 aromatic heterocycles. The first kappa shape index (κ1) is 12.6. The zero-order valence-corrected chi connectivity index (χ0v) is 11.2. The summed E-state index contributed by atoms with van der Waals surface area (Å²) in [4.78, 5) is 26.5. The van der Waals surface area contributed by atoms with Crippen molar-refractivity contribution in [2.75, 3.05) is 4.90 Å². The van der Waals surface area contributed by atoms with Gasteiger partial charge in [-0.1, -0.05) is 37.3 Å². The van der Waals surface area contributed by atoms with Gasteiger partial charge in [0.2, 0.25) is 5.91 Å². The summed E-state index contributed by atoms with van der Waals surface area (Å²) in [5, 5.41) is 0. The van der Waals surface area contributed by atoms with Crippen molar-refractivity contribution in [1.82, 2.24) is 0 Å². The topological polar surface area (TPSA) is 37.4 Å². The summed E-state index contributed by atoms with van der Waals surface area (Å²) in [5.41, 5.74) is 2.10. The van der Waals surface area contributed by atoms with Crippen LogP contribution in [0.2, 0.25) is 0 Å². The van der Waals surface area contributed by atoms with Crippen LogP contribution < -0.4 is 4.90 Å². The Morgan fingerprint density at radius 3 is 2.35 bits per heavy atom. The fraction of sp³-hybridized carbons (Fsp3) is 0.176. The van der Waals surface area contributed by atoms with Crippen molar-refractivity contribution < 1.29 is 9.59 Å². The number of anilines is 2. The lowest BCUT2D eigenvalue weighted by Crippen LogP contribution is -2.30. The van der Waals surface area contributed by atoms with Crippen LogP contribution in [0, 0.1) is 5.92 Å². The second kappa shape index (κ2) is 4.93. The molecule has 2 aromatic carbocycles. The molecule has 3 rings (SSSR count). The van der Waals surface area contributed by atoms with E-state index in [1.54, 1.807) is 11.0 Å². The third-order valence-electron chi connectivity index (χ3n) is 3.59. The summed E-state index contributed by atoms with van der Waals surface area (Å²) in [7, 11) is 0. The Bertz CT molecular complexity index is 664. The Hall–Kier alpha value is -2.42. The normalized spacial score (nSPS) is 18.6. The maximum atomic E-state index is 12.6. The number of amides is 1. The fourth-order valence-electron chi connectivity index (χ4n) is 2.56. The lowest BCUT2D eigenvalue weighted by Gasteiger charge is -2.24. The Morgan fingerprint density at radius 1 is 0.950 bits per heavy atom. The minimum Gasteiger partial charge on any atom is -0.294 e. The van der Waals surface area contributed by atoms with Gasteiger partial charge in [-0.05, 0) is 24.3 Å². The molecule has 0 radical (unpaired) electrons. The van der Waals surface area contributed by atoms with Crippen LogP contribution in [-0.4, -0.2) is 11.7 Å². The van der Waals surface area contributed by atoms with Gasteiger partial charge < -0.3 is 0 Å². The lowest BCUT2D eigenvalue weighted by atomic mass is 10.0. The van der Waals surface area contributed by atoms with Crippen LogP contribution in [0.3, 0.4) is 0 Å². The van der Waals surface area contributed by atoms with Crippen molar-refractivity contribution in [2.24, 2.45) is 5.92 Å². The largest absolute Gasteiger partial charge is 0.294 e. The minimum atomic E-state index is -0.310. The van der Waals surface area contributed by atoms with Crippen molar-refractivity contribution in [3.05, 3.63) is 60.2 Å². The van der Waals surface area contributed by atoms with E-state index in [0.717, 1.165) is 5.69 Å². The van der Waals surface area contributed by atoms with Gasteiger partial charge in [0, 0.05) is 23.6 Å². The van der Waals surface area contributed by atoms with Crippen LogP contribution in [0.5, 0.6) is 0 Å². The molecular formula is C17H15NO2. The van der Waals surface area contributed by atoms with Gasteiger partial charge >= 0.3 is 0 Å². The van der Waals surface area contributed by atoms with E-state index in [4.69, 9.17) is 0 Å². The van der Waals surface area contributed by atoms with E-state index in [0.29, 0.717) is 11.3 Å². The summed E-state index contributed by atoms with van der Waals surface area (Å²) >= 11 is 0. The zero-order chi connectivity index (χ0) is 14.1. The van der Waals surface area contributed by atoms with Crippen molar-refractivity contribution in [1.29, 1.82) is 0 Å². The molecule has 0 aliphatic carbocycles. The maximum absolute atomic E-state index is 12.6. The maximum Gasteiger partial charge on any atom is 0.234 e. The molecule has 1 aliphatic heterocycles. The number of carbonyl (C=O) groups is 2. The van der Waals surface area contributed by atoms with Crippen molar-refractivity contribution in [3.63, 3.8) is 0 Å². The Kier molecular flexibility index (Phi) is 3.11. The second-order valence-corrected chi connectivity index (χ2v) is 5.05. The molecule has 1 unspecified atom stereocenters. The molecular weight excluding hydrogens is 250 g/mol. The van der Waals surface area contributed by atoms with Gasteiger partial charge in [0.05, 0.1) is 5.69 Å². The number of hydrogen-bond donors (Lipinski definition) is 0. The number of Topliss-reactive ketones (excluding diaryl/α,β-unsaturated/α-hetero) is 1. The van der Waals surface area contributed by atoms with Gasteiger partial charge in [0.25, 0.3) is 0 Å². The third kappa shape index (κ3) is 2.01. The number of benzene rings is 2. The molecule has 1 atom stereocenters. The van der Waals surface area contributed by atoms with Crippen molar-refractivity contribution >= 4 is 23.1 Å². The van der Waals surface area contributed by atoms with Crippen LogP contribution >= 0.6 is 0 Å². The van der Waals surface area contributed by atoms with Gasteiger partial charge in [-0.15, -0.1) is 0 Å². The first-order chi connectivity index (χ1) is 9.68. The van der Waals surface area contributed by atoms with E-state index in [-0.39, 0.29) is 24.0 Å². The van der Waals surface area contributed by atoms with Gasteiger partial charge in [0.1, 0.15) is 0 Å². The number of ketones is 1. The molecule has 0 saturated carbocycles. The zero-order valence-electron chi connectivity index (χ0n) is 11.2. The number of rotatable bonds is 1. The van der Waals surface area contributed by atoms with E-state index in [1.165, 1.54) is 0 Å². The van der Waals surface area contributed by atoms with Crippen LogP contribution in [0.15, 0.2) is 54.6 Å². The van der Waals surface area contributed by atoms with Crippen LogP contribution in [0.1, 0.15) is 23.7 Å². The van der Waals surface area contributed by atoms with E-state index in [9.17, 15) is 9.59 Å². The summed E-state index contributed by atoms with van der Waals surface area (Å²) in [5.74, 6) is -0.315. The SMILES string of the molecule is CC1CC(=O)c2ccccc2N(c2ccccc2)C1=O. The number of hydrogen-bond acceptors (Lipinski definition) is 2. The highest BCUT2D eigenvalue weighted by atomic mass is 16.2. The summed E-state index contributed by atoms with van der Waals surface area (Å²) in [6.45, 7) is 1.81. The van der Waals surface area contributed by atoms with E-state index in [2.05, 4.69) is 0 Å². The molecule has 3 heteroatoms. The first-order valence-electron chi connectivity index (χ1n) is 6.69. The number of carbonyl (C=O) groups excluding carboxylic acids is 2. The van der Waals surface area contributed by atoms with Gasteiger partial charge in [0.15, 0.2) is 5.78 Å². The quantitative estimate of drug-likeness (QED) is 0.790. The van der Waals surface area contributed by atoms with E-state index < -0.39 is 0 Å². The molecule has 0 fully saturated rings. The Morgan fingerprint density at radius 2 is 1.60 bits per heavy atom. The minimum absolute atomic E-state index is 0.0277. The molecule has 1 aliphatic rings. The summed E-state index contributed by atoms with van der Waals surface area (Å²) in [6, 6.07) is 16.8. The molecule has 100 valence electrons. The first-order valence-corrected chi connectivity index (χ1v) is 6.69.